The molecule has 1 aliphatic rings. The molecule has 28 heavy (non-hydrogen) atoms. The van der Waals surface area contributed by atoms with E-state index < -0.39 is 10.8 Å². The average Bonchev–Trinajstić information content (AvgIpc) is 2.74. The molecule has 0 unspecified atom stereocenters. The van der Waals surface area contributed by atoms with Gasteiger partial charge in [-0.25, -0.2) is 0 Å². The molecule has 0 aromatic heterocycles. The number of amides is 2. The van der Waals surface area contributed by atoms with Gasteiger partial charge >= 0.3 is 0 Å². The molecule has 1 heterocycles. The molecular weight excluding hydrogens is 358 g/mol. The van der Waals surface area contributed by atoms with Crippen LogP contribution in [0.25, 0.3) is 6.08 Å². The largest absolute Gasteiger partial charge is 0.337 e. The van der Waals surface area contributed by atoms with Crippen molar-refractivity contribution in [1.82, 2.24) is 10.2 Å². The van der Waals surface area contributed by atoms with E-state index in [9.17, 15) is 19.7 Å². The van der Waals surface area contributed by atoms with Crippen LogP contribution in [0.1, 0.15) is 35.2 Å². The zero-order valence-electron chi connectivity index (χ0n) is 15.3. The summed E-state index contributed by atoms with van der Waals surface area (Å²) in [7, 11) is 0. The zero-order valence-corrected chi connectivity index (χ0v) is 15.3. The van der Waals surface area contributed by atoms with E-state index in [4.69, 9.17) is 0 Å². The highest BCUT2D eigenvalue weighted by molar-refractivity contribution is 6.05. The fraction of sp³-hybridized carbons (Fsp3) is 0.238. The molecule has 1 aliphatic heterocycles. The summed E-state index contributed by atoms with van der Waals surface area (Å²) in [4.78, 5) is 37.6. The second kappa shape index (κ2) is 8.94. The van der Waals surface area contributed by atoms with Crippen LogP contribution in [-0.4, -0.2) is 34.7 Å². The van der Waals surface area contributed by atoms with Crippen molar-refractivity contribution < 1.29 is 14.5 Å². The standard InChI is InChI=1S/C21H21N3O4/c25-20(17-9-11-18(12-10-17)24(27)28)22-19(15-16-7-3-1-4-8-16)21(26)23-13-5-2-6-14-23/h1,3-4,7-12,15H,2,5-6,13-14H2,(H,22,25)/b19-15+. The van der Waals surface area contributed by atoms with E-state index in [0.29, 0.717) is 13.1 Å². The summed E-state index contributed by atoms with van der Waals surface area (Å²) < 4.78 is 0. The van der Waals surface area contributed by atoms with Crippen molar-refractivity contribution in [3.63, 3.8) is 0 Å². The van der Waals surface area contributed by atoms with Crippen LogP contribution in [0.4, 0.5) is 5.69 Å². The Labute approximate surface area is 162 Å². The molecule has 0 atom stereocenters. The van der Waals surface area contributed by atoms with Gasteiger partial charge in [-0.3, -0.25) is 19.7 Å². The van der Waals surface area contributed by atoms with Crippen LogP contribution in [0.3, 0.4) is 0 Å². The molecule has 2 aromatic rings. The Bertz CT molecular complexity index is 886. The Hall–Kier alpha value is -3.48. The molecule has 0 aliphatic carbocycles. The summed E-state index contributed by atoms with van der Waals surface area (Å²) >= 11 is 0. The van der Waals surface area contributed by atoms with Gasteiger partial charge in [0.15, 0.2) is 0 Å². The van der Waals surface area contributed by atoms with E-state index in [1.165, 1.54) is 24.3 Å². The summed E-state index contributed by atoms with van der Waals surface area (Å²) in [6, 6.07) is 14.6. The van der Waals surface area contributed by atoms with E-state index >= 15 is 0 Å². The van der Waals surface area contributed by atoms with Crippen molar-refractivity contribution >= 4 is 23.6 Å². The van der Waals surface area contributed by atoms with Crippen LogP contribution in [0.15, 0.2) is 60.3 Å². The summed E-state index contributed by atoms with van der Waals surface area (Å²) in [6.07, 6.45) is 4.64. The molecule has 0 radical (unpaired) electrons. The number of non-ortho nitro benzene ring substituents is 1. The molecule has 2 amide bonds. The maximum Gasteiger partial charge on any atom is 0.270 e. The topological polar surface area (TPSA) is 92.6 Å². The molecule has 2 aromatic carbocycles. The predicted octanol–water partition coefficient (Wildman–Crippen LogP) is 3.38. The minimum atomic E-state index is -0.525. The Morgan fingerprint density at radius 2 is 1.61 bits per heavy atom. The molecule has 1 N–H and O–H groups in total. The van der Waals surface area contributed by atoms with Crippen molar-refractivity contribution in [1.29, 1.82) is 0 Å². The first kappa shape index (κ1) is 19.3. The molecule has 0 spiro atoms. The van der Waals surface area contributed by atoms with Gasteiger partial charge in [-0.2, -0.15) is 0 Å². The van der Waals surface area contributed by atoms with E-state index in [0.717, 1.165) is 24.8 Å². The molecule has 1 fully saturated rings. The Morgan fingerprint density at radius 1 is 0.964 bits per heavy atom. The highest BCUT2D eigenvalue weighted by Gasteiger charge is 2.22. The third kappa shape index (κ3) is 4.82. The lowest BCUT2D eigenvalue weighted by Crippen LogP contribution is -2.41. The number of nitro groups is 1. The summed E-state index contributed by atoms with van der Waals surface area (Å²) in [5, 5.41) is 13.5. The van der Waals surface area contributed by atoms with E-state index in [2.05, 4.69) is 5.32 Å². The monoisotopic (exact) mass is 379 g/mol. The average molecular weight is 379 g/mol. The number of hydrogen-bond acceptors (Lipinski definition) is 4. The van der Waals surface area contributed by atoms with E-state index in [1.807, 2.05) is 30.3 Å². The number of piperidine rings is 1. The maximum atomic E-state index is 13.0. The number of carbonyl (C=O) groups excluding carboxylic acids is 2. The molecule has 3 rings (SSSR count). The second-order valence-electron chi connectivity index (χ2n) is 6.58. The van der Waals surface area contributed by atoms with Gasteiger partial charge in [0.1, 0.15) is 5.70 Å². The lowest BCUT2D eigenvalue weighted by molar-refractivity contribution is -0.384. The van der Waals surface area contributed by atoms with Crippen molar-refractivity contribution in [2.75, 3.05) is 13.1 Å². The number of nitrogens with zero attached hydrogens (tertiary/aromatic N) is 2. The zero-order chi connectivity index (χ0) is 19.9. The molecule has 0 bridgehead atoms. The number of nitro benzene ring substituents is 1. The number of nitrogens with one attached hydrogen (secondary N) is 1. The molecule has 7 heteroatoms. The van der Waals surface area contributed by atoms with E-state index in [1.54, 1.807) is 11.0 Å². The first-order valence-corrected chi connectivity index (χ1v) is 9.16. The quantitative estimate of drug-likeness (QED) is 0.490. The minimum Gasteiger partial charge on any atom is -0.337 e. The Kier molecular flexibility index (Phi) is 6.16. The summed E-state index contributed by atoms with van der Waals surface area (Å²) in [6.45, 7) is 1.33. The SMILES string of the molecule is O=C(N/C(=C/c1ccccc1)C(=O)N1CCCCC1)c1ccc([N+](=O)[O-])cc1. The number of hydrogen-bond donors (Lipinski definition) is 1. The van der Waals surface area contributed by atoms with Crippen LogP contribution >= 0.6 is 0 Å². The number of rotatable bonds is 5. The normalized spacial score (nSPS) is 14.4. The van der Waals surface area contributed by atoms with E-state index in [-0.39, 0.29) is 22.9 Å². The van der Waals surface area contributed by atoms with Crippen LogP contribution in [0.2, 0.25) is 0 Å². The fourth-order valence-electron chi connectivity index (χ4n) is 3.06. The van der Waals surface area contributed by atoms with Gasteiger partial charge in [0.2, 0.25) is 0 Å². The highest BCUT2D eigenvalue weighted by atomic mass is 16.6. The molecular formula is C21H21N3O4. The van der Waals surface area contributed by atoms with Crippen LogP contribution in [-0.2, 0) is 4.79 Å². The Morgan fingerprint density at radius 3 is 2.21 bits per heavy atom. The highest BCUT2D eigenvalue weighted by Crippen LogP contribution is 2.16. The first-order chi connectivity index (χ1) is 13.5. The van der Waals surface area contributed by atoms with Crippen molar-refractivity contribution in [3.05, 3.63) is 81.5 Å². The predicted molar refractivity (Wildman–Crippen MR) is 105 cm³/mol. The van der Waals surface area contributed by atoms with Gasteiger partial charge in [0.05, 0.1) is 4.92 Å². The smallest absolute Gasteiger partial charge is 0.270 e. The molecule has 144 valence electrons. The maximum absolute atomic E-state index is 13.0. The van der Waals surface area contributed by atoms with Gasteiger partial charge in [-0.15, -0.1) is 0 Å². The second-order valence-corrected chi connectivity index (χ2v) is 6.58. The van der Waals surface area contributed by atoms with Gasteiger partial charge in [-0.1, -0.05) is 30.3 Å². The molecule has 1 saturated heterocycles. The van der Waals surface area contributed by atoms with Crippen molar-refractivity contribution in [2.24, 2.45) is 0 Å². The van der Waals surface area contributed by atoms with Gasteiger partial charge in [-0.05, 0) is 43.0 Å². The third-order valence-electron chi connectivity index (χ3n) is 4.57. The van der Waals surface area contributed by atoms with Gasteiger partial charge in [0.25, 0.3) is 17.5 Å². The van der Waals surface area contributed by atoms with Crippen LogP contribution in [0.5, 0.6) is 0 Å². The molecule has 0 saturated carbocycles. The van der Waals surface area contributed by atoms with Crippen molar-refractivity contribution in [3.8, 4) is 0 Å². The van der Waals surface area contributed by atoms with Gasteiger partial charge in [0, 0.05) is 30.8 Å². The lowest BCUT2D eigenvalue weighted by Gasteiger charge is -2.27. The number of benzene rings is 2. The van der Waals surface area contributed by atoms with Crippen LogP contribution < -0.4 is 5.32 Å². The first-order valence-electron chi connectivity index (χ1n) is 9.16. The summed E-state index contributed by atoms with van der Waals surface area (Å²) in [5.74, 6) is -0.707. The van der Waals surface area contributed by atoms with Crippen LogP contribution in [0, 0.1) is 10.1 Å². The number of carbonyl (C=O) groups is 2. The summed E-state index contributed by atoms with van der Waals surface area (Å²) in [5.41, 5.74) is 1.14. The number of likely N-dealkylation sites (tertiary alicyclic amines) is 1. The molecule has 7 nitrogen and oxygen atoms in total. The third-order valence-corrected chi connectivity index (χ3v) is 4.57. The lowest BCUT2D eigenvalue weighted by atomic mass is 10.1. The Balaban J connectivity index is 1.83. The van der Waals surface area contributed by atoms with Crippen molar-refractivity contribution in [2.45, 2.75) is 19.3 Å². The minimum absolute atomic E-state index is 0.0963. The van der Waals surface area contributed by atoms with Gasteiger partial charge < -0.3 is 10.2 Å². The fourth-order valence-corrected chi connectivity index (χ4v) is 3.06.